The van der Waals surface area contributed by atoms with Gasteiger partial charge in [-0.25, -0.2) is 4.79 Å². The molecular formula is C18H17N3O7. The average molecular weight is 387 g/mol. The lowest BCUT2D eigenvalue weighted by Crippen LogP contribution is -2.35. The first kappa shape index (κ1) is 19.0. The van der Waals surface area contributed by atoms with Crippen molar-refractivity contribution in [2.45, 2.75) is 19.6 Å². The predicted molar refractivity (Wildman–Crippen MR) is 96.8 cm³/mol. The molecule has 1 amide bonds. The highest BCUT2D eigenvalue weighted by atomic mass is 16.7. The number of anilines is 1. The van der Waals surface area contributed by atoms with Crippen LogP contribution in [0.25, 0.3) is 0 Å². The van der Waals surface area contributed by atoms with Gasteiger partial charge >= 0.3 is 5.97 Å². The number of hydrogen-bond donors (Lipinski definition) is 2. The number of carbonyl (C=O) groups excluding carboxylic acids is 2. The summed E-state index contributed by atoms with van der Waals surface area (Å²) >= 11 is 0. The lowest BCUT2D eigenvalue weighted by Gasteiger charge is -2.14. The van der Waals surface area contributed by atoms with Crippen LogP contribution in [0, 0.1) is 10.1 Å². The van der Waals surface area contributed by atoms with Crippen molar-refractivity contribution in [3.05, 3.63) is 57.6 Å². The summed E-state index contributed by atoms with van der Waals surface area (Å²) in [5, 5.41) is 13.4. The summed E-state index contributed by atoms with van der Waals surface area (Å²) in [5.41, 5.74) is 6.05. The van der Waals surface area contributed by atoms with Gasteiger partial charge in [-0.15, -0.1) is 0 Å². The fourth-order valence-corrected chi connectivity index (χ4v) is 2.51. The van der Waals surface area contributed by atoms with E-state index in [1.807, 2.05) is 0 Å². The van der Waals surface area contributed by atoms with Crippen LogP contribution < -0.4 is 20.5 Å². The van der Waals surface area contributed by atoms with Crippen molar-refractivity contribution in [2.75, 3.05) is 12.5 Å². The van der Waals surface area contributed by atoms with Crippen molar-refractivity contribution in [1.82, 2.24) is 5.32 Å². The minimum absolute atomic E-state index is 0.0546. The van der Waals surface area contributed by atoms with Gasteiger partial charge in [0.25, 0.3) is 11.6 Å². The number of nitrogen functional groups attached to an aromatic ring is 1. The molecule has 0 aliphatic carbocycles. The Kier molecular flexibility index (Phi) is 5.30. The first-order chi connectivity index (χ1) is 13.3. The molecule has 28 heavy (non-hydrogen) atoms. The van der Waals surface area contributed by atoms with Crippen LogP contribution in [0.5, 0.6) is 11.5 Å². The molecule has 0 bridgehead atoms. The Bertz CT molecular complexity index is 945. The van der Waals surface area contributed by atoms with E-state index < -0.39 is 22.9 Å². The first-order valence-electron chi connectivity index (χ1n) is 8.26. The number of benzene rings is 2. The van der Waals surface area contributed by atoms with Crippen molar-refractivity contribution in [3.63, 3.8) is 0 Å². The number of nitrogens with two attached hydrogens (primary N) is 1. The highest BCUT2D eigenvalue weighted by Crippen LogP contribution is 2.32. The van der Waals surface area contributed by atoms with Crippen molar-refractivity contribution in [3.8, 4) is 11.5 Å². The molecule has 1 atom stereocenters. The number of esters is 1. The third-order valence-electron chi connectivity index (χ3n) is 4.02. The topological polar surface area (TPSA) is 143 Å². The SMILES string of the molecule is C[C@H](OC(=O)c1ccc([N+](=O)[O-])cc1N)C(=O)NCc1ccc2c(c1)OCO2. The van der Waals surface area contributed by atoms with Crippen LogP contribution in [0.2, 0.25) is 0 Å². The summed E-state index contributed by atoms with van der Waals surface area (Å²) in [7, 11) is 0. The summed E-state index contributed by atoms with van der Waals surface area (Å²) in [5.74, 6) is -0.123. The van der Waals surface area contributed by atoms with Gasteiger partial charge in [0.1, 0.15) is 0 Å². The Hall–Kier alpha value is -3.82. The van der Waals surface area contributed by atoms with Crippen LogP contribution in [0.1, 0.15) is 22.8 Å². The Balaban J connectivity index is 1.56. The van der Waals surface area contributed by atoms with E-state index in [1.54, 1.807) is 18.2 Å². The van der Waals surface area contributed by atoms with E-state index in [4.69, 9.17) is 19.9 Å². The molecule has 0 radical (unpaired) electrons. The molecule has 2 aromatic rings. The Labute approximate surface area is 159 Å². The van der Waals surface area contributed by atoms with Gasteiger partial charge in [0.2, 0.25) is 6.79 Å². The fraction of sp³-hybridized carbons (Fsp3) is 0.222. The van der Waals surface area contributed by atoms with Gasteiger partial charge < -0.3 is 25.3 Å². The zero-order valence-corrected chi connectivity index (χ0v) is 14.8. The molecule has 3 rings (SSSR count). The summed E-state index contributed by atoms with van der Waals surface area (Å²) in [6.07, 6.45) is -1.09. The van der Waals surface area contributed by atoms with Crippen molar-refractivity contribution < 1.29 is 28.7 Å². The minimum atomic E-state index is -1.09. The second-order valence-electron chi connectivity index (χ2n) is 5.98. The van der Waals surface area contributed by atoms with Crippen LogP contribution in [-0.4, -0.2) is 29.7 Å². The van der Waals surface area contributed by atoms with Gasteiger partial charge in [-0.1, -0.05) is 6.07 Å². The molecule has 0 spiro atoms. The number of nitrogens with one attached hydrogen (secondary N) is 1. The number of hydrogen-bond acceptors (Lipinski definition) is 8. The molecule has 1 heterocycles. The Morgan fingerprint density at radius 3 is 2.71 bits per heavy atom. The molecule has 0 unspecified atom stereocenters. The molecule has 146 valence electrons. The third-order valence-corrected chi connectivity index (χ3v) is 4.02. The highest BCUT2D eigenvalue weighted by Gasteiger charge is 2.22. The number of ether oxygens (including phenoxy) is 3. The lowest BCUT2D eigenvalue weighted by molar-refractivity contribution is -0.384. The molecule has 0 aromatic heterocycles. The van der Waals surface area contributed by atoms with Gasteiger partial charge in [-0.05, 0) is 30.7 Å². The fourth-order valence-electron chi connectivity index (χ4n) is 2.51. The zero-order chi connectivity index (χ0) is 20.3. The Morgan fingerprint density at radius 1 is 1.25 bits per heavy atom. The van der Waals surface area contributed by atoms with Crippen LogP contribution in [0.15, 0.2) is 36.4 Å². The van der Waals surface area contributed by atoms with E-state index in [2.05, 4.69) is 5.32 Å². The number of carbonyl (C=O) groups is 2. The van der Waals surface area contributed by atoms with Crippen LogP contribution in [0.3, 0.4) is 0 Å². The maximum Gasteiger partial charge on any atom is 0.341 e. The molecule has 10 nitrogen and oxygen atoms in total. The number of rotatable bonds is 6. The quantitative estimate of drug-likeness (QED) is 0.330. The van der Waals surface area contributed by atoms with Gasteiger partial charge in [0, 0.05) is 18.7 Å². The minimum Gasteiger partial charge on any atom is -0.454 e. The second-order valence-corrected chi connectivity index (χ2v) is 5.98. The van der Waals surface area contributed by atoms with Crippen LogP contribution in [0.4, 0.5) is 11.4 Å². The van der Waals surface area contributed by atoms with Crippen molar-refractivity contribution >= 4 is 23.3 Å². The monoisotopic (exact) mass is 387 g/mol. The van der Waals surface area contributed by atoms with Crippen molar-refractivity contribution in [1.29, 1.82) is 0 Å². The van der Waals surface area contributed by atoms with Gasteiger partial charge in [0.15, 0.2) is 17.6 Å². The summed E-state index contributed by atoms with van der Waals surface area (Å²) in [6.45, 7) is 1.77. The molecule has 0 fully saturated rings. The first-order valence-corrected chi connectivity index (χ1v) is 8.26. The number of non-ortho nitro benzene ring substituents is 1. The third kappa shape index (κ3) is 4.11. The molecule has 0 saturated heterocycles. The predicted octanol–water partition coefficient (Wildman–Crippen LogP) is 1.77. The number of amides is 1. The highest BCUT2D eigenvalue weighted by molar-refractivity contribution is 5.97. The molecule has 3 N–H and O–H groups in total. The number of nitrogens with zero attached hydrogens (tertiary/aromatic N) is 1. The Morgan fingerprint density at radius 2 is 2.00 bits per heavy atom. The standard InChI is InChI=1S/C18H17N3O7/c1-10(28-18(23)13-4-3-12(21(24)25)7-14(13)19)17(22)20-8-11-2-5-15-16(6-11)27-9-26-15/h2-7,10H,8-9,19H2,1H3,(H,20,22)/t10-/m0/s1. The summed E-state index contributed by atoms with van der Waals surface area (Å²) in [6, 6.07) is 8.65. The van der Waals surface area contributed by atoms with Gasteiger partial charge in [-0.3, -0.25) is 14.9 Å². The van der Waals surface area contributed by atoms with Crippen LogP contribution >= 0.6 is 0 Å². The van der Waals surface area contributed by atoms with Gasteiger partial charge in [-0.2, -0.15) is 0 Å². The van der Waals surface area contributed by atoms with E-state index in [0.29, 0.717) is 11.5 Å². The van der Waals surface area contributed by atoms with E-state index in [0.717, 1.165) is 17.7 Å². The van der Waals surface area contributed by atoms with E-state index in [1.165, 1.54) is 13.0 Å². The molecule has 0 saturated carbocycles. The second kappa shape index (κ2) is 7.82. The molecular weight excluding hydrogens is 370 g/mol. The average Bonchev–Trinajstić information content (AvgIpc) is 3.13. The maximum absolute atomic E-state index is 12.2. The van der Waals surface area contributed by atoms with Crippen LogP contribution in [-0.2, 0) is 16.1 Å². The largest absolute Gasteiger partial charge is 0.454 e. The number of nitro benzene ring substituents is 1. The van der Waals surface area contributed by atoms with E-state index in [-0.39, 0.29) is 30.3 Å². The van der Waals surface area contributed by atoms with E-state index in [9.17, 15) is 19.7 Å². The van der Waals surface area contributed by atoms with Crippen molar-refractivity contribution in [2.24, 2.45) is 0 Å². The summed E-state index contributed by atoms with van der Waals surface area (Å²) < 4.78 is 15.6. The zero-order valence-electron chi connectivity index (χ0n) is 14.8. The lowest BCUT2D eigenvalue weighted by atomic mass is 10.1. The number of fused-ring (bicyclic) bond motifs is 1. The van der Waals surface area contributed by atoms with Gasteiger partial charge in [0.05, 0.1) is 16.2 Å². The molecule has 1 aliphatic rings. The van der Waals surface area contributed by atoms with E-state index >= 15 is 0 Å². The molecule has 2 aromatic carbocycles. The number of nitro groups is 1. The maximum atomic E-state index is 12.2. The molecule has 10 heteroatoms. The molecule has 1 aliphatic heterocycles. The normalized spacial score (nSPS) is 12.9. The smallest absolute Gasteiger partial charge is 0.341 e. The summed E-state index contributed by atoms with van der Waals surface area (Å²) in [4.78, 5) is 34.5.